The number of amides is 1. The van der Waals surface area contributed by atoms with Crippen LogP contribution in [0.15, 0.2) is 67.3 Å². The number of nitrogens with one attached hydrogen (secondary N) is 1. The van der Waals surface area contributed by atoms with Crippen LogP contribution in [0.3, 0.4) is 0 Å². The van der Waals surface area contributed by atoms with Crippen molar-refractivity contribution in [2.24, 2.45) is 0 Å². The average Bonchev–Trinajstić information content (AvgIpc) is 2.68. The molecule has 1 aliphatic carbocycles. The van der Waals surface area contributed by atoms with E-state index in [0.717, 1.165) is 24.8 Å². The first-order valence-corrected chi connectivity index (χ1v) is 9.14. The molecule has 1 saturated carbocycles. The molecule has 0 unspecified atom stereocenters. The van der Waals surface area contributed by atoms with Crippen molar-refractivity contribution in [2.75, 3.05) is 13.7 Å². The number of hydrogen-bond acceptors (Lipinski definition) is 3. The van der Waals surface area contributed by atoms with Gasteiger partial charge in [0.25, 0.3) is 0 Å². The maximum absolute atomic E-state index is 12.5. The van der Waals surface area contributed by atoms with E-state index < -0.39 is 0 Å². The molecule has 4 nitrogen and oxygen atoms in total. The predicted octanol–water partition coefficient (Wildman–Crippen LogP) is 4.47. The number of carbonyl (C=O) groups is 1. The van der Waals surface area contributed by atoms with Gasteiger partial charge in [-0.15, -0.1) is 0 Å². The fourth-order valence-corrected chi connectivity index (χ4v) is 3.28. The van der Waals surface area contributed by atoms with Crippen molar-refractivity contribution in [1.29, 1.82) is 0 Å². The zero-order chi connectivity index (χ0) is 19.1. The molecule has 0 bridgehead atoms. The van der Waals surface area contributed by atoms with Crippen molar-refractivity contribution < 1.29 is 14.3 Å². The van der Waals surface area contributed by atoms with E-state index >= 15 is 0 Å². The van der Waals surface area contributed by atoms with Crippen LogP contribution in [-0.4, -0.2) is 19.6 Å². The number of rotatable bonds is 8. The summed E-state index contributed by atoms with van der Waals surface area (Å²) in [4.78, 5) is 12.5. The van der Waals surface area contributed by atoms with Crippen LogP contribution in [0, 0.1) is 0 Å². The summed E-state index contributed by atoms with van der Waals surface area (Å²) >= 11 is 0. The molecule has 27 heavy (non-hydrogen) atoms. The Morgan fingerprint density at radius 2 is 1.96 bits per heavy atom. The molecule has 0 spiro atoms. The summed E-state index contributed by atoms with van der Waals surface area (Å²) in [6.07, 6.45) is 8.11. The first-order valence-electron chi connectivity index (χ1n) is 9.14. The van der Waals surface area contributed by atoms with Crippen LogP contribution in [0.4, 0.5) is 0 Å². The van der Waals surface area contributed by atoms with Crippen LogP contribution in [0.5, 0.6) is 11.5 Å². The van der Waals surface area contributed by atoms with Crippen molar-refractivity contribution in [3.05, 3.63) is 78.4 Å². The van der Waals surface area contributed by atoms with Gasteiger partial charge in [-0.05, 0) is 48.6 Å². The molecule has 4 heteroatoms. The fourth-order valence-electron chi connectivity index (χ4n) is 3.28. The second-order valence-corrected chi connectivity index (χ2v) is 6.63. The Labute approximate surface area is 160 Å². The lowest BCUT2D eigenvalue weighted by atomic mass is 9.72. The molecule has 3 rings (SSSR count). The summed E-state index contributed by atoms with van der Waals surface area (Å²) in [6.45, 7) is 4.05. The topological polar surface area (TPSA) is 47.6 Å². The molecule has 0 aliphatic heterocycles. The van der Waals surface area contributed by atoms with Gasteiger partial charge in [0.15, 0.2) is 11.5 Å². The largest absolute Gasteiger partial charge is 0.493 e. The smallest absolute Gasteiger partial charge is 0.244 e. The molecule has 2 aromatic carbocycles. The number of hydrogen-bond donors (Lipinski definition) is 1. The summed E-state index contributed by atoms with van der Waals surface area (Å²) in [5.74, 6) is 1.18. The van der Waals surface area contributed by atoms with E-state index in [9.17, 15) is 4.79 Å². The number of benzene rings is 2. The van der Waals surface area contributed by atoms with Gasteiger partial charge >= 0.3 is 0 Å². The Kier molecular flexibility index (Phi) is 5.97. The zero-order valence-electron chi connectivity index (χ0n) is 15.6. The van der Waals surface area contributed by atoms with Gasteiger partial charge in [0.1, 0.15) is 6.61 Å². The first-order chi connectivity index (χ1) is 13.2. The Hall–Kier alpha value is -3.01. The van der Waals surface area contributed by atoms with Crippen molar-refractivity contribution >= 4 is 12.0 Å². The van der Waals surface area contributed by atoms with E-state index in [-0.39, 0.29) is 11.4 Å². The van der Waals surface area contributed by atoms with Gasteiger partial charge in [-0.1, -0.05) is 49.1 Å². The van der Waals surface area contributed by atoms with Crippen LogP contribution >= 0.6 is 0 Å². The third-order valence-corrected chi connectivity index (χ3v) is 4.87. The molecule has 0 heterocycles. The number of methoxy groups -OCH3 is 1. The number of ether oxygens (including phenoxy) is 2. The monoisotopic (exact) mass is 363 g/mol. The minimum atomic E-state index is -0.233. The van der Waals surface area contributed by atoms with Gasteiger partial charge in [0, 0.05) is 6.08 Å². The lowest BCUT2D eigenvalue weighted by Crippen LogP contribution is -2.50. The normalized spacial score (nSPS) is 15.0. The van der Waals surface area contributed by atoms with Crippen molar-refractivity contribution in [3.8, 4) is 11.5 Å². The van der Waals surface area contributed by atoms with Crippen LogP contribution in [0.2, 0.25) is 0 Å². The molecule has 140 valence electrons. The average molecular weight is 363 g/mol. The van der Waals surface area contributed by atoms with Gasteiger partial charge in [-0.25, -0.2) is 0 Å². The first kappa shape index (κ1) is 18.8. The lowest BCUT2D eigenvalue weighted by molar-refractivity contribution is -0.119. The minimum absolute atomic E-state index is 0.0931. The van der Waals surface area contributed by atoms with E-state index in [1.54, 1.807) is 25.3 Å². The van der Waals surface area contributed by atoms with E-state index in [1.165, 1.54) is 5.56 Å². The maximum Gasteiger partial charge on any atom is 0.244 e. The fraction of sp³-hybridized carbons (Fsp3) is 0.261. The third kappa shape index (κ3) is 4.40. The Morgan fingerprint density at radius 1 is 1.19 bits per heavy atom. The molecule has 0 saturated heterocycles. The minimum Gasteiger partial charge on any atom is -0.493 e. The SMILES string of the molecule is C=CCOc1ccc(/C=C/C(=O)NC2(c3ccccc3)CCC2)cc1OC. The molecule has 1 aliphatic rings. The van der Waals surface area contributed by atoms with E-state index in [2.05, 4.69) is 24.0 Å². The molecular weight excluding hydrogens is 338 g/mol. The highest BCUT2D eigenvalue weighted by molar-refractivity contribution is 5.92. The second-order valence-electron chi connectivity index (χ2n) is 6.63. The van der Waals surface area contributed by atoms with Gasteiger partial charge < -0.3 is 14.8 Å². The van der Waals surface area contributed by atoms with Crippen LogP contribution in [0.25, 0.3) is 6.08 Å². The lowest BCUT2D eigenvalue weighted by Gasteiger charge is -2.42. The molecule has 0 aromatic heterocycles. The van der Waals surface area contributed by atoms with E-state index in [0.29, 0.717) is 18.1 Å². The third-order valence-electron chi connectivity index (χ3n) is 4.87. The standard InChI is InChI=1S/C23H25NO3/c1-3-16-27-20-12-10-18(17-21(20)26-2)11-13-22(25)24-23(14-7-15-23)19-8-5-4-6-9-19/h3-6,8-13,17H,1,7,14-16H2,2H3,(H,24,25)/b13-11+. The van der Waals surface area contributed by atoms with Crippen LogP contribution in [0.1, 0.15) is 30.4 Å². The van der Waals surface area contributed by atoms with E-state index in [4.69, 9.17) is 9.47 Å². The quantitative estimate of drug-likeness (QED) is 0.556. The van der Waals surface area contributed by atoms with Gasteiger partial charge in [-0.2, -0.15) is 0 Å². The summed E-state index contributed by atoms with van der Waals surface area (Å²) in [6, 6.07) is 15.7. The molecule has 2 aromatic rings. The molecule has 0 atom stereocenters. The molecule has 1 fully saturated rings. The van der Waals surface area contributed by atoms with Gasteiger partial charge in [0.05, 0.1) is 12.6 Å². The van der Waals surface area contributed by atoms with Gasteiger partial charge in [0.2, 0.25) is 5.91 Å². The Morgan fingerprint density at radius 3 is 2.59 bits per heavy atom. The summed E-state index contributed by atoms with van der Waals surface area (Å²) in [7, 11) is 1.59. The second kappa shape index (κ2) is 8.58. The van der Waals surface area contributed by atoms with Crippen molar-refractivity contribution in [2.45, 2.75) is 24.8 Å². The molecule has 0 radical (unpaired) electrons. The maximum atomic E-state index is 12.5. The van der Waals surface area contributed by atoms with Crippen molar-refractivity contribution in [3.63, 3.8) is 0 Å². The van der Waals surface area contributed by atoms with Crippen LogP contribution < -0.4 is 14.8 Å². The molecule has 1 N–H and O–H groups in total. The van der Waals surface area contributed by atoms with Gasteiger partial charge in [-0.3, -0.25) is 4.79 Å². The van der Waals surface area contributed by atoms with E-state index in [1.807, 2.05) is 36.4 Å². The number of carbonyl (C=O) groups excluding carboxylic acids is 1. The molecular formula is C23H25NO3. The highest BCUT2D eigenvalue weighted by atomic mass is 16.5. The zero-order valence-corrected chi connectivity index (χ0v) is 15.6. The van der Waals surface area contributed by atoms with Crippen molar-refractivity contribution in [1.82, 2.24) is 5.32 Å². The highest BCUT2D eigenvalue weighted by Crippen LogP contribution is 2.41. The summed E-state index contributed by atoms with van der Waals surface area (Å²) in [5.41, 5.74) is 1.81. The Balaban J connectivity index is 1.68. The summed E-state index contributed by atoms with van der Waals surface area (Å²) < 4.78 is 10.9. The summed E-state index contributed by atoms with van der Waals surface area (Å²) in [5, 5.41) is 3.19. The predicted molar refractivity (Wildman–Crippen MR) is 108 cm³/mol. The Bertz CT molecular complexity index is 823. The van der Waals surface area contributed by atoms with Crippen LogP contribution in [-0.2, 0) is 10.3 Å². The molecule has 1 amide bonds. The highest BCUT2D eigenvalue weighted by Gasteiger charge is 2.39.